The van der Waals surface area contributed by atoms with Gasteiger partial charge in [-0.25, -0.2) is 4.39 Å². The Bertz CT molecular complexity index is 1380. The third-order valence-corrected chi connectivity index (χ3v) is 6.13. The van der Waals surface area contributed by atoms with Gasteiger partial charge in [-0.3, -0.25) is 9.59 Å². The number of nitrogens with one attached hydrogen (secondary N) is 1. The summed E-state index contributed by atoms with van der Waals surface area (Å²) in [5.41, 5.74) is 2.82. The summed E-state index contributed by atoms with van der Waals surface area (Å²) in [6, 6.07) is 14.6. The molecule has 0 saturated heterocycles. The molecule has 3 aromatic rings. The first-order valence-electron chi connectivity index (χ1n) is 11.1. The number of alkyl halides is 3. The van der Waals surface area contributed by atoms with E-state index in [1.54, 1.807) is 29.2 Å². The zero-order valence-corrected chi connectivity index (χ0v) is 19.2. The predicted octanol–water partition coefficient (Wildman–Crippen LogP) is 5.40. The zero-order valence-electron chi connectivity index (χ0n) is 19.2. The smallest absolute Gasteiger partial charge is 0.334 e. The van der Waals surface area contributed by atoms with Gasteiger partial charge in [0.2, 0.25) is 5.91 Å². The van der Waals surface area contributed by atoms with Crippen LogP contribution in [0.1, 0.15) is 43.7 Å². The van der Waals surface area contributed by atoms with E-state index in [0.29, 0.717) is 42.4 Å². The fourth-order valence-electron chi connectivity index (χ4n) is 4.26. The lowest BCUT2D eigenvalue weighted by Gasteiger charge is -2.31. The molecule has 0 aromatic heterocycles. The third-order valence-electron chi connectivity index (χ3n) is 6.13. The maximum atomic E-state index is 13.9. The fourth-order valence-corrected chi connectivity index (χ4v) is 4.26. The summed E-state index contributed by atoms with van der Waals surface area (Å²) in [5.74, 6) is -2.07. The molecule has 0 radical (unpaired) electrons. The van der Waals surface area contributed by atoms with Crippen molar-refractivity contribution in [1.82, 2.24) is 4.90 Å². The molecule has 0 saturated carbocycles. The predicted molar refractivity (Wildman–Crippen MR) is 125 cm³/mol. The molecule has 9 heteroatoms. The molecule has 1 aliphatic rings. The first-order chi connectivity index (χ1) is 17.1. The highest BCUT2D eigenvalue weighted by atomic mass is 19.4. The molecule has 1 N–H and O–H groups in total. The molecule has 4 rings (SSSR count). The molecule has 2 amide bonds. The van der Waals surface area contributed by atoms with E-state index < -0.39 is 23.5 Å². The number of benzene rings is 3. The Labute approximate surface area is 205 Å². The van der Waals surface area contributed by atoms with Gasteiger partial charge < -0.3 is 10.2 Å². The molecule has 36 heavy (non-hydrogen) atoms. The zero-order chi connectivity index (χ0) is 26.0. The Morgan fingerprint density at radius 2 is 1.81 bits per heavy atom. The largest absolute Gasteiger partial charge is 0.419 e. The van der Waals surface area contributed by atoms with Gasteiger partial charge in [-0.2, -0.15) is 18.4 Å². The van der Waals surface area contributed by atoms with Gasteiger partial charge >= 0.3 is 6.18 Å². The first-order valence-corrected chi connectivity index (χ1v) is 11.1. The summed E-state index contributed by atoms with van der Waals surface area (Å²) in [6.07, 6.45) is -4.61. The molecule has 0 aliphatic carbocycles. The molecule has 3 aromatic carbocycles. The summed E-state index contributed by atoms with van der Waals surface area (Å²) >= 11 is 0. The number of hydrogen-bond donors (Lipinski definition) is 1. The maximum absolute atomic E-state index is 13.9. The Kier molecular flexibility index (Phi) is 6.80. The second-order valence-corrected chi connectivity index (χ2v) is 8.60. The molecule has 0 bridgehead atoms. The van der Waals surface area contributed by atoms with Crippen LogP contribution in [0.2, 0.25) is 0 Å². The second-order valence-electron chi connectivity index (χ2n) is 8.60. The Morgan fingerprint density at radius 1 is 1.08 bits per heavy atom. The van der Waals surface area contributed by atoms with Gasteiger partial charge in [-0.05, 0) is 72.0 Å². The molecule has 1 aliphatic heterocycles. The van der Waals surface area contributed by atoms with Crippen LogP contribution >= 0.6 is 0 Å². The van der Waals surface area contributed by atoms with Crippen molar-refractivity contribution in [2.45, 2.75) is 32.5 Å². The van der Waals surface area contributed by atoms with Gasteiger partial charge in [-0.1, -0.05) is 18.2 Å². The van der Waals surface area contributed by atoms with Crippen LogP contribution < -0.4 is 5.32 Å². The Morgan fingerprint density at radius 3 is 2.44 bits per heavy atom. The van der Waals surface area contributed by atoms with Gasteiger partial charge in [0.1, 0.15) is 5.82 Å². The van der Waals surface area contributed by atoms with Crippen LogP contribution in [0, 0.1) is 24.1 Å². The number of halogens is 4. The molecule has 0 spiro atoms. The summed E-state index contributed by atoms with van der Waals surface area (Å²) < 4.78 is 52.2. The van der Waals surface area contributed by atoms with Crippen molar-refractivity contribution < 1.29 is 27.2 Å². The molecular weight excluding hydrogens is 474 g/mol. The Hall–Kier alpha value is -4.19. The van der Waals surface area contributed by atoms with E-state index in [1.165, 1.54) is 0 Å². The van der Waals surface area contributed by atoms with Gasteiger partial charge in [0.15, 0.2) is 0 Å². The third kappa shape index (κ3) is 5.23. The van der Waals surface area contributed by atoms with Gasteiger partial charge in [-0.15, -0.1) is 0 Å². The van der Waals surface area contributed by atoms with Crippen molar-refractivity contribution in [1.29, 1.82) is 5.26 Å². The van der Waals surface area contributed by atoms with Crippen LogP contribution in [0.4, 0.5) is 23.2 Å². The number of rotatable bonds is 4. The summed E-state index contributed by atoms with van der Waals surface area (Å²) in [7, 11) is 0. The molecule has 184 valence electrons. The lowest BCUT2D eigenvalue weighted by molar-refractivity contribution is -0.140. The van der Waals surface area contributed by atoms with Crippen molar-refractivity contribution in [3.05, 3.63) is 99.4 Å². The Balaban J connectivity index is 1.48. The van der Waals surface area contributed by atoms with E-state index in [2.05, 4.69) is 5.32 Å². The van der Waals surface area contributed by atoms with Crippen molar-refractivity contribution in [3.63, 3.8) is 0 Å². The second kappa shape index (κ2) is 9.82. The number of nitriles is 1. The summed E-state index contributed by atoms with van der Waals surface area (Å²) in [4.78, 5) is 27.3. The van der Waals surface area contributed by atoms with Crippen molar-refractivity contribution in [2.75, 3.05) is 11.9 Å². The van der Waals surface area contributed by atoms with Gasteiger partial charge in [0, 0.05) is 24.3 Å². The highest BCUT2D eigenvalue weighted by Gasteiger charge is 2.34. The van der Waals surface area contributed by atoms with Gasteiger partial charge in [0.25, 0.3) is 5.91 Å². The number of aryl methyl sites for hydroxylation is 1. The minimum absolute atomic E-state index is 0.125. The van der Waals surface area contributed by atoms with Crippen LogP contribution in [0.25, 0.3) is 0 Å². The van der Waals surface area contributed by atoms with Crippen LogP contribution in [0.5, 0.6) is 0 Å². The van der Waals surface area contributed by atoms with Crippen LogP contribution in [-0.4, -0.2) is 23.3 Å². The van der Waals surface area contributed by atoms with Gasteiger partial charge in [0.05, 0.1) is 23.6 Å². The monoisotopic (exact) mass is 495 g/mol. The molecular formula is C27H21F4N3O2. The van der Waals surface area contributed by atoms with E-state index in [-0.39, 0.29) is 17.9 Å². The van der Waals surface area contributed by atoms with E-state index in [9.17, 15) is 27.2 Å². The number of fused-ring (bicyclic) bond motifs is 1. The van der Waals surface area contributed by atoms with Crippen molar-refractivity contribution in [2.24, 2.45) is 0 Å². The molecule has 0 atom stereocenters. The number of carbonyl (C=O) groups is 2. The average Bonchev–Trinajstić information content (AvgIpc) is 2.84. The number of anilines is 1. The van der Waals surface area contributed by atoms with Crippen LogP contribution in [-0.2, 0) is 30.4 Å². The number of amides is 2. The van der Waals surface area contributed by atoms with Crippen molar-refractivity contribution in [3.8, 4) is 6.07 Å². The fraction of sp³-hybridized carbons (Fsp3) is 0.222. The highest BCUT2D eigenvalue weighted by Crippen LogP contribution is 2.32. The first kappa shape index (κ1) is 24.9. The minimum Gasteiger partial charge on any atom is -0.334 e. The maximum Gasteiger partial charge on any atom is 0.419 e. The lowest BCUT2D eigenvalue weighted by atomic mass is 9.94. The number of carbonyl (C=O) groups excluding carboxylic acids is 2. The van der Waals surface area contributed by atoms with Crippen molar-refractivity contribution >= 4 is 17.5 Å². The van der Waals surface area contributed by atoms with E-state index >= 15 is 0 Å². The molecule has 0 unspecified atom stereocenters. The average molecular weight is 495 g/mol. The highest BCUT2D eigenvalue weighted by molar-refractivity contribution is 5.95. The molecule has 1 heterocycles. The molecule has 5 nitrogen and oxygen atoms in total. The summed E-state index contributed by atoms with van der Waals surface area (Å²) in [5, 5.41) is 11.8. The minimum atomic E-state index is -4.81. The van der Waals surface area contributed by atoms with Crippen LogP contribution in [0.15, 0.2) is 54.6 Å². The molecule has 0 fully saturated rings. The van der Waals surface area contributed by atoms with E-state index in [0.717, 1.165) is 28.8 Å². The quantitative estimate of drug-likeness (QED) is 0.493. The lowest BCUT2D eigenvalue weighted by Crippen LogP contribution is -2.36. The normalized spacial score (nSPS) is 13.1. The number of nitrogens with zero attached hydrogens (tertiary/aromatic N) is 2. The standard InChI is InChI=1S/C27H21F4N3O2/c1-16-2-6-20-15-34(26(36)19-7-3-17(14-32)4-8-19)11-10-21(20)25(16)33-24(35)13-18-5-9-22(23(28)12-18)27(29,30)31/h2-9,12H,10-11,13,15H2,1H3,(H,33,35). The SMILES string of the molecule is Cc1ccc2c(c1NC(=O)Cc1ccc(C(F)(F)F)c(F)c1)CCN(C(=O)c1ccc(C#N)cc1)C2. The number of hydrogen-bond acceptors (Lipinski definition) is 3. The van der Waals surface area contributed by atoms with E-state index in [4.69, 9.17) is 5.26 Å². The summed E-state index contributed by atoms with van der Waals surface area (Å²) in [6.45, 7) is 2.58. The van der Waals surface area contributed by atoms with Crippen LogP contribution in [0.3, 0.4) is 0 Å². The van der Waals surface area contributed by atoms with E-state index in [1.807, 2.05) is 25.1 Å². The topological polar surface area (TPSA) is 73.2 Å².